The number of hydrogen-bond donors (Lipinski definition) is 2. The molecule has 12 rings (SSSR count). The molecule has 2 aromatic carbocycles. The quantitative estimate of drug-likeness (QED) is 0.342. The van der Waals surface area contributed by atoms with Gasteiger partial charge in [-0.25, -0.2) is 0 Å². The van der Waals surface area contributed by atoms with Gasteiger partial charge in [0, 0.05) is 40.3 Å². The largest absolute Gasteiger partial charge is 0.481 e. The molecule has 0 unspecified atom stereocenters. The second-order valence-corrected chi connectivity index (χ2v) is 16.6. The van der Waals surface area contributed by atoms with Crippen molar-refractivity contribution in [3.63, 3.8) is 0 Å². The van der Waals surface area contributed by atoms with Gasteiger partial charge >= 0.3 is 5.97 Å². The monoisotopic (exact) mass is 602 g/mol. The maximum atomic E-state index is 13.1. The number of hydrogen-bond acceptors (Lipinski definition) is 4. The SMILES string of the molecule is CC[C@]12CCCN3CCc4c(n(c5ccccc45)[C@H](c4ccc5c(c4)[C@@]46CCN7CCC[C@@]8(CC[C@]4(N5)[C@H](C(=O)O)C8)[C@H]76)C1)[C@H]32. The van der Waals surface area contributed by atoms with Gasteiger partial charge in [0.05, 0.1) is 23.5 Å². The van der Waals surface area contributed by atoms with Crippen LogP contribution in [-0.2, 0) is 16.6 Å². The summed E-state index contributed by atoms with van der Waals surface area (Å²) < 4.78 is 2.80. The Hall–Kier alpha value is -2.83. The lowest BCUT2D eigenvalue weighted by atomic mass is 9.39. The van der Waals surface area contributed by atoms with Crippen LogP contribution in [0.5, 0.6) is 0 Å². The first-order valence-corrected chi connectivity index (χ1v) is 18.2. The van der Waals surface area contributed by atoms with Gasteiger partial charge in [0.1, 0.15) is 0 Å². The standard InChI is InChI=1S/C39H46N4O2/c1-2-36-12-5-17-41-19-11-26-25-7-3-4-8-30(25)43(32(26)33(36)41)31(23-36)24-9-10-29-27(21-24)38-16-20-42-18-6-13-37(35(38)42)14-15-39(38,40-29)28(22-37)34(44)45/h3-4,7-10,21,28,31,33,35,40H,2,5-6,11-20,22-23H2,1H3,(H,44,45)/t28-,31-,33-,35-,36-,37-,38+,39-/m0/s1. The molecule has 8 atom stereocenters. The molecule has 9 aliphatic rings. The highest BCUT2D eigenvalue weighted by Crippen LogP contribution is 2.74. The Morgan fingerprint density at radius 1 is 0.956 bits per heavy atom. The van der Waals surface area contributed by atoms with E-state index in [1.54, 1.807) is 11.3 Å². The Morgan fingerprint density at radius 2 is 1.82 bits per heavy atom. The van der Waals surface area contributed by atoms with Gasteiger partial charge in [-0.2, -0.15) is 0 Å². The number of fused-ring (bicyclic) bond motifs is 6. The molecule has 6 heteroatoms. The normalized spacial score (nSPS) is 42.2. The Balaban J connectivity index is 1.14. The minimum atomic E-state index is -0.577. The highest BCUT2D eigenvalue weighted by atomic mass is 16.4. The van der Waals surface area contributed by atoms with Crippen LogP contribution in [0.3, 0.4) is 0 Å². The van der Waals surface area contributed by atoms with Crippen LogP contribution in [0, 0.1) is 16.7 Å². The summed E-state index contributed by atoms with van der Waals surface area (Å²) in [6.45, 7) is 7.18. The maximum Gasteiger partial charge on any atom is 0.308 e. The number of aromatic nitrogens is 1. The molecule has 3 aliphatic carbocycles. The van der Waals surface area contributed by atoms with Crippen molar-refractivity contribution < 1.29 is 9.90 Å². The highest BCUT2D eigenvalue weighted by molar-refractivity contribution is 5.87. The molecule has 3 aromatic rings. The number of benzene rings is 2. The molecular weight excluding hydrogens is 556 g/mol. The summed E-state index contributed by atoms with van der Waals surface area (Å²) in [5.74, 6) is -0.893. The average Bonchev–Trinajstić information content (AvgIpc) is 3.73. The van der Waals surface area contributed by atoms with Crippen LogP contribution in [0.25, 0.3) is 10.9 Å². The van der Waals surface area contributed by atoms with E-state index in [1.165, 1.54) is 92.3 Å². The molecule has 6 nitrogen and oxygen atoms in total. The third-order valence-corrected chi connectivity index (χ3v) is 15.6. The predicted octanol–water partition coefficient (Wildman–Crippen LogP) is 6.88. The number of carboxylic acid groups (broad SMARTS) is 1. The molecule has 7 heterocycles. The van der Waals surface area contributed by atoms with Crippen molar-refractivity contribution in [1.82, 2.24) is 14.4 Å². The lowest BCUT2D eigenvalue weighted by Crippen LogP contribution is -2.76. The maximum absolute atomic E-state index is 13.1. The lowest BCUT2D eigenvalue weighted by molar-refractivity contribution is -0.168. The van der Waals surface area contributed by atoms with Crippen molar-refractivity contribution in [2.75, 3.05) is 31.5 Å². The summed E-state index contributed by atoms with van der Waals surface area (Å²) in [7, 11) is 0. The third kappa shape index (κ3) is 2.80. The van der Waals surface area contributed by atoms with Gasteiger partial charge in [-0.1, -0.05) is 37.3 Å². The van der Waals surface area contributed by atoms with E-state index < -0.39 is 5.97 Å². The van der Waals surface area contributed by atoms with E-state index >= 15 is 0 Å². The van der Waals surface area contributed by atoms with Gasteiger partial charge in [-0.05, 0) is 130 Å². The molecule has 234 valence electrons. The number of para-hydroxylation sites is 1. The fourth-order valence-electron chi connectivity index (χ4n) is 14.1. The number of anilines is 1. The van der Waals surface area contributed by atoms with E-state index in [0.29, 0.717) is 23.5 Å². The van der Waals surface area contributed by atoms with E-state index in [0.717, 1.165) is 32.2 Å². The number of carboxylic acids is 1. The molecular formula is C39H46N4O2. The van der Waals surface area contributed by atoms with E-state index in [-0.39, 0.29) is 22.3 Å². The predicted molar refractivity (Wildman–Crippen MR) is 176 cm³/mol. The van der Waals surface area contributed by atoms with Gasteiger partial charge in [0.15, 0.2) is 0 Å². The van der Waals surface area contributed by atoms with Gasteiger partial charge in [-0.3, -0.25) is 14.6 Å². The van der Waals surface area contributed by atoms with Crippen LogP contribution in [-0.4, -0.2) is 63.2 Å². The molecule has 6 fully saturated rings. The first-order valence-electron chi connectivity index (χ1n) is 18.2. The van der Waals surface area contributed by atoms with Gasteiger partial charge in [-0.15, -0.1) is 0 Å². The molecule has 2 N–H and O–H groups in total. The number of nitrogens with zero attached hydrogens (tertiary/aromatic N) is 3. The lowest BCUT2D eigenvalue weighted by Gasteiger charge is -2.68. The Morgan fingerprint density at radius 3 is 2.71 bits per heavy atom. The van der Waals surface area contributed by atoms with E-state index in [4.69, 9.17) is 0 Å². The molecule has 0 amide bonds. The zero-order valence-corrected chi connectivity index (χ0v) is 26.7. The van der Waals surface area contributed by atoms with Crippen molar-refractivity contribution in [1.29, 1.82) is 0 Å². The third-order valence-electron chi connectivity index (χ3n) is 15.6. The molecule has 1 aromatic heterocycles. The molecule has 0 radical (unpaired) electrons. The summed E-state index contributed by atoms with van der Waals surface area (Å²) in [6.07, 6.45) is 12.7. The molecule has 45 heavy (non-hydrogen) atoms. The number of rotatable bonds is 3. The molecule has 2 bridgehead atoms. The van der Waals surface area contributed by atoms with E-state index in [2.05, 4.69) is 69.1 Å². The number of nitrogens with one attached hydrogen (secondary N) is 1. The van der Waals surface area contributed by atoms with Crippen molar-refractivity contribution in [2.24, 2.45) is 16.7 Å². The molecule has 6 aliphatic heterocycles. The van der Waals surface area contributed by atoms with Gasteiger partial charge in [0.2, 0.25) is 0 Å². The van der Waals surface area contributed by atoms with Crippen molar-refractivity contribution in [2.45, 2.75) is 107 Å². The smallest absolute Gasteiger partial charge is 0.308 e. The van der Waals surface area contributed by atoms with Crippen molar-refractivity contribution in [3.8, 4) is 0 Å². The second kappa shape index (κ2) is 8.36. The fourth-order valence-corrected chi connectivity index (χ4v) is 14.1. The zero-order chi connectivity index (χ0) is 29.9. The first kappa shape index (κ1) is 26.3. The van der Waals surface area contributed by atoms with Gasteiger partial charge in [0.25, 0.3) is 0 Å². The summed E-state index contributed by atoms with van der Waals surface area (Å²) in [4.78, 5) is 18.8. The van der Waals surface area contributed by atoms with Crippen molar-refractivity contribution >= 4 is 22.6 Å². The number of carbonyl (C=O) groups is 1. The summed E-state index contributed by atoms with van der Waals surface area (Å²) in [6, 6.07) is 18.0. The minimum Gasteiger partial charge on any atom is -0.481 e. The Labute approximate surface area is 266 Å². The molecule has 3 spiro atoms. The Bertz CT molecular complexity index is 1810. The van der Waals surface area contributed by atoms with E-state index in [9.17, 15) is 9.90 Å². The topological polar surface area (TPSA) is 60.7 Å². The number of piperidine rings is 2. The van der Waals surface area contributed by atoms with Gasteiger partial charge < -0.3 is 15.0 Å². The molecule has 3 saturated heterocycles. The summed E-state index contributed by atoms with van der Waals surface area (Å²) in [5, 5.41) is 16.3. The van der Waals surface area contributed by atoms with Crippen LogP contribution >= 0.6 is 0 Å². The van der Waals surface area contributed by atoms with Crippen LogP contribution in [0.4, 0.5) is 5.69 Å². The van der Waals surface area contributed by atoms with Crippen LogP contribution in [0.15, 0.2) is 42.5 Å². The Kier molecular flexibility index (Phi) is 4.88. The van der Waals surface area contributed by atoms with Crippen LogP contribution in [0.2, 0.25) is 0 Å². The highest BCUT2D eigenvalue weighted by Gasteiger charge is 2.79. The number of aliphatic carboxylic acids is 1. The van der Waals surface area contributed by atoms with Crippen LogP contribution < -0.4 is 5.32 Å². The van der Waals surface area contributed by atoms with Crippen molar-refractivity contribution in [3.05, 3.63) is 64.8 Å². The van der Waals surface area contributed by atoms with Crippen LogP contribution in [0.1, 0.15) is 106 Å². The molecule has 3 saturated carbocycles. The first-order chi connectivity index (χ1) is 22.0. The fraction of sp³-hybridized carbons (Fsp3) is 0.615. The average molecular weight is 603 g/mol. The van der Waals surface area contributed by atoms with E-state index in [1.807, 2.05) is 0 Å². The summed E-state index contributed by atoms with van der Waals surface area (Å²) in [5.41, 5.74) is 8.76. The summed E-state index contributed by atoms with van der Waals surface area (Å²) >= 11 is 0. The second-order valence-electron chi connectivity index (χ2n) is 16.6. The zero-order valence-electron chi connectivity index (χ0n) is 26.7. The minimum absolute atomic E-state index is 0.113.